The van der Waals surface area contributed by atoms with E-state index in [0.29, 0.717) is 0 Å². The van der Waals surface area contributed by atoms with Crippen LogP contribution in [-0.4, -0.2) is 9.97 Å². The van der Waals surface area contributed by atoms with E-state index >= 15 is 0 Å². The van der Waals surface area contributed by atoms with E-state index in [1.54, 1.807) is 6.20 Å². The molecule has 106 valence electrons. The lowest BCUT2D eigenvalue weighted by Crippen LogP contribution is -2.14. The molecule has 0 saturated heterocycles. The first-order chi connectivity index (χ1) is 10.3. The Balaban J connectivity index is 1.80. The van der Waals surface area contributed by atoms with Crippen LogP contribution in [0, 0.1) is 0 Å². The molecular formula is C18H19N3. The molecule has 0 bridgehead atoms. The monoisotopic (exact) mass is 277 g/mol. The topological polar surface area (TPSA) is 51.8 Å². The SMILES string of the molecule is CCc1ccc(CC(N)c2ccc3ncccc3c2)nc1. The first-order valence-electron chi connectivity index (χ1n) is 7.30. The van der Waals surface area contributed by atoms with Crippen molar-refractivity contribution in [1.82, 2.24) is 9.97 Å². The Morgan fingerprint density at radius 1 is 1.10 bits per heavy atom. The molecule has 3 rings (SSSR count). The molecule has 0 radical (unpaired) electrons. The van der Waals surface area contributed by atoms with Gasteiger partial charge in [0.1, 0.15) is 0 Å². The van der Waals surface area contributed by atoms with Crippen molar-refractivity contribution in [2.24, 2.45) is 5.73 Å². The van der Waals surface area contributed by atoms with Crippen molar-refractivity contribution < 1.29 is 0 Å². The Labute approximate surface area is 124 Å². The maximum atomic E-state index is 6.33. The maximum Gasteiger partial charge on any atom is 0.0702 e. The van der Waals surface area contributed by atoms with Crippen LogP contribution in [0.3, 0.4) is 0 Å². The van der Waals surface area contributed by atoms with Crippen LogP contribution >= 0.6 is 0 Å². The number of rotatable bonds is 4. The number of hydrogen-bond donors (Lipinski definition) is 1. The minimum absolute atomic E-state index is 0.0467. The van der Waals surface area contributed by atoms with Gasteiger partial charge in [0.25, 0.3) is 0 Å². The molecule has 0 aliphatic heterocycles. The van der Waals surface area contributed by atoms with Crippen molar-refractivity contribution in [2.75, 3.05) is 0 Å². The van der Waals surface area contributed by atoms with E-state index in [0.717, 1.165) is 35.0 Å². The molecule has 3 heteroatoms. The van der Waals surface area contributed by atoms with E-state index < -0.39 is 0 Å². The first-order valence-corrected chi connectivity index (χ1v) is 7.30. The van der Waals surface area contributed by atoms with Crippen molar-refractivity contribution in [3.05, 3.63) is 71.7 Å². The highest BCUT2D eigenvalue weighted by atomic mass is 14.7. The molecule has 1 aromatic carbocycles. The van der Waals surface area contributed by atoms with Crippen molar-refractivity contribution in [2.45, 2.75) is 25.8 Å². The van der Waals surface area contributed by atoms with Gasteiger partial charge in [-0.25, -0.2) is 0 Å². The molecule has 3 nitrogen and oxygen atoms in total. The quantitative estimate of drug-likeness (QED) is 0.795. The highest BCUT2D eigenvalue weighted by Crippen LogP contribution is 2.20. The van der Waals surface area contributed by atoms with E-state index in [1.807, 2.05) is 18.3 Å². The molecule has 0 saturated carbocycles. The highest BCUT2D eigenvalue weighted by molar-refractivity contribution is 5.79. The van der Waals surface area contributed by atoms with Gasteiger partial charge in [-0.3, -0.25) is 9.97 Å². The van der Waals surface area contributed by atoms with Gasteiger partial charge in [-0.05, 0) is 41.8 Å². The van der Waals surface area contributed by atoms with Gasteiger partial charge in [0.05, 0.1) is 5.52 Å². The van der Waals surface area contributed by atoms with Gasteiger partial charge in [-0.1, -0.05) is 25.1 Å². The number of hydrogen-bond acceptors (Lipinski definition) is 3. The van der Waals surface area contributed by atoms with E-state index in [2.05, 4.69) is 47.2 Å². The van der Waals surface area contributed by atoms with Crippen LogP contribution in [0.15, 0.2) is 54.9 Å². The van der Waals surface area contributed by atoms with Crippen molar-refractivity contribution in [1.29, 1.82) is 0 Å². The number of benzene rings is 1. The smallest absolute Gasteiger partial charge is 0.0702 e. The molecule has 2 aromatic heterocycles. The molecule has 0 spiro atoms. The average molecular weight is 277 g/mol. The lowest BCUT2D eigenvalue weighted by Gasteiger charge is -2.12. The van der Waals surface area contributed by atoms with Crippen LogP contribution in [0.2, 0.25) is 0 Å². The highest BCUT2D eigenvalue weighted by Gasteiger charge is 2.09. The third-order valence-corrected chi connectivity index (χ3v) is 3.78. The molecule has 2 heterocycles. The summed E-state index contributed by atoms with van der Waals surface area (Å²) in [5.41, 5.74) is 10.7. The number of nitrogens with zero attached hydrogens (tertiary/aromatic N) is 2. The lowest BCUT2D eigenvalue weighted by molar-refractivity contribution is 0.706. The fraction of sp³-hybridized carbons (Fsp3) is 0.222. The number of fused-ring (bicyclic) bond motifs is 1. The summed E-state index contributed by atoms with van der Waals surface area (Å²) in [6.45, 7) is 2.13. The van der Waals surface area contributed by atoms with Gasteiger partial charge in [-0.2, -0.15) is 0 Å². The fourth-order valence-electron chi connectivity index (χ4n) is 2.45. The Hall–Kier alpha value is -2.26. The molecule has 0 fully saturated rings. The zero-order valence-corrected chi connectivity index (χ0v) is 12.2. The largest absolute Gasteiger partial charge is 0.324 e. The summed E-state index contributed by atoms with van der Waals surface area (Å²) >= 11 is 0. The molecule has 2 N–H and O–H groups in total. The van der Waals surface area contributed by atoms with Gasteiger partial charge in [0.15, 0.2) is 0 Å². The Morgan fingerprint density at radius 3 is 2.76 bits per heavy atom. The van der Waals surface area contributed by atoms with Gasteiger partial charge in [-0.15, -0.1) is 0 Å². The van der Waals surface area contributed by atoms with Crippen LogP contribution in [0.1, 0.15) is 29.8 Å². The zero-order chi connectivity index (χ0) is 14.7. The predicted molar refractivity (Wildman–Crippen MR) is 86.0 cm³/mol. The molecule has 0 aliphatic rings. The minimum atomic E-state index is -0.0467. The van der Waals surface area contributed by atoms with Crippen LogP contribution in [0.25, 0.3) is 10.9 Å². The molecule has 3 aromatic rings. The number of aryl methyl sites for hydroxylation is 1. The summed E-state index contributed by atoms with van der Waals surface area (Å²) in [5.74, 6) is 0. The van der Waals surface area contributed by atoms with Crippen LogP contribution in [0.4, 0.5) is 0 Å². The molecular weight excluding hydrogens is 258 g/mol. The second kappa shape index (κ2) is 6.02. The Bertz CT molecular complexity index is 735. The normalized spacial score (nSPS) is 12.5. The summed E-state index contributed by atoms with van der Waals surface area (Å²) in [6.07, 6.45) is 5.50. The molecule has 1 unspecified atom stereocenters. The summed E-state index contributed by atoms with van der Waals surface area (Å²) in [5, 5.41) is 1.12. The van der Waals surface area contributed by atoms with Gasteiger partial charge in [0, 0.05) is 35.9 Å². The average Bonchev–Trinajstić information content (AvgIpc) is 2.55. The minimum Gasteiger partial charge on any atom is -0.324 e. The second-order valence-electron chi connectivity index (χ2n) is 5.28. The zero-order valence-electron chi connectivity index (χ0n) is 12.2. The molecule has 1 atom stereocenters. The van der Waals surface area contributed by atoms with Crippen LogP contribution in [-0.2, 0) is 12.8 Å². The summed E-state index contributed by atoms with van der Waals surface area (Å²) in [4.78, 5) is 8.82. The molecule has 21 heavy (non-hydrogen) atoms. The van der Waals surface area contributed by atoms with Crippen LogP contribution < -0.4 is 5.73 Å². The number of pyridine rings is 2. The third kappa shape index (κ3) is 3.09. The number of nitrogens with two attached hydrogens (primary N) is 1. The van der Waals surface area contributed by atoms with Crippen LogP contribution in [0.5, 0.6) is 0 Å². The van der Waals surface area contributed by atoms with E-state index in [1.165, 1.54) is 5.56 Å². The maximum absolute atomic E-state index is 6.33. The van der Waals surface area contributed by atoms with Crippen molar-refractivity contribution in [3.8, 4) is 0 Å². The lowest BCUT2D eigenvalue weighted by atomic mass is 10.0. The molecule has 0 amide bonds. The standard InChI is InChI=1S/C18H19N3/c1-2-13-5-7-16(21-12-13)11-17(19)14-6-8-18-15(10-14)4-3-9-20-18/h3-10,12,17H,2,11,19H2,1H3. The number of aromatic nitrogens is 2. The van der Waals surface area contributed by atoms with Crippen molar-refractivity contribution in [3.63, 3.8) is 0 Å². The van der Waals surface area contributed by atoms with Gasteiger partial charge < -0.3 is 5.73 Å². The van der Waals surface area contributed by atoms with Crippen molar-refractivity contribution >= 4 is 10.9 Å². The summed E-state index contributed by atoms with van der Waals surface area (Å²) in [7, 11) is 0. The molecule has 0 aliphatic carbocycles. The van der Waals surface area contributed by atoms with Gasteiger partial charge >= 0.3 is 0 Å². The van der Waals surface area contributed by atoms with E-state index in [9.17, 15) is 0 Å². The Morgan fingerprint density at radius 2 is 2.00 bits per heavy atom. The summed E-state index contributed by atoms with van der Waals surface area (Å²) in [6, 6.07) is 14.4. The Kier molecular flexibility index (Phi) is 3.93. The van der Waals surface area contributed by atoms with E-state index in [-0.39, 0.29) is 6.04 Å². The predicted octanol–water partition coefficient (Wildman–Crippen LogP) is 3.43. The van der Waals surface area contributed by atoms with E-state index in [4.69, 9.17) is 5.73 Å². The second-order valence-corrected chi connectivity index (χ2v) is 5.28. The van der Waals surface area contributed by atoms with Gasteiger partial charge in [0.2, 0.25) is 0 Å². The third-order valence-electron chi connectivity index (χ3n) is 3.78. The summed E-state index contributed by atoms with van der Waals surface area (Å²) < 4.78 is 0. The fourth-order valence-corrected chi connectivity index (χ4v) is 2.45. The first kappa shape index (κ1) is 13.7.